The molecular weight excluding hydrogens is 214 g/mol. The first-order valence-electron chi connectivity index (χ1n) is 5.04. The lowest BCUT2D eigenvalue weighted by Crippen LogP contribution is -2.42. The van der Waals surface area contributed by atoms with E-state index in [1.807, 2.05) is 0 Å². The van der Waals surface area contributed by atoms with Crippen LogP contribution in [-0.4, -0.2) is 18.0 Å². The Morgan fingerprint density at radius 1 is 1.44 bits per heavy atom. The van der Waals surface area contributed by atoms with Crippen LogP contribution in [0.4, 0.5) is 8.78 Å². The van der Waals surface area contributed by atoms with Crippen molar-refractivity contribution in [3.63, 3.8) is 0 Å². The number of rotatable bonds is 3. The summed E-state index contributed by atoms with van der Waals surface area (Å²) < 4.78 is 26.1. The van der Waals surface area contributed by atoms with Gasteiger partial charge >= 0.3 is 0 Å². The number of amides is 1. The van der Waals surface area contributed by atoms with Crippen LogP contribution in [0, 0.1) is 11.6 Å². The van der Waals surface area contributed by atoms with E-state index in [0.29, 0.717) is 6.54 Å². The number of hydrogen-bond donors (Lipinski definition) is 2. The third kappa shape index (κ3) is 2.04. The SMILES string of the molecule is NCC1(NC(=O)c2cc(F)ccc2F)CC1. The van der Waals surface area contributed by atoms with E-state index in [-0.39, 0.29) is 5.56 Å². The molecule has 0 saturated heterocycles. The molecule has 0 unspecified atom stereocenters. The number of carbonyl (C=O) groups is 1. The summed E-state index contributed by atoms with van der Waals surface area (Å²) in [6, 6.07) is 2.80. The van der Waals surface area contributed by atoms with Crippen LogP contribution in [0.15, 0.2) is 18.2 Å². The molecule has 0 aliphatic heterocycles. The van der Waals surface area contributed by atoms with Gasteiger partial charge < -0.3 is 11.1 Å². The van der Waals surface area contributed by atoms with E-state index in [2.05, 4.69) is 5.32 Å². The number of carbonyl (C=O) groups excluding carboxylic acids is 1. The van der Waals surface area contributed by atoms with Crippen LogP contribution in [0.3, 0.4) is 0 Å². The number of halogens is 2. The lowest BCUT2D eigenvalue weighted by Gasteiger charge is -2.15. The Labute approximate surface area is 91.6 Å². The van der Waals surface area contributed by atoms with Crippen LogP contribution in [0.5, 0.6) is 0 Å². The molecule has 86 valence electrons. The zero-order chi connectivity index (χ0) is 11.8. The quantitative estimate of drug-likeness (QED) is 0.813. The van der Waals surface area contributed by atoms with E-state index < -0.39 is 23.1 Å². The standard InChI is InChI=1S/C11H12F2N2O/c12-7-1-2-9(13)8(5-7)10(16)15-11(6-14)3-4-11/h1-2,5H,3-4,6,14H2,(H,15,16). The van der Waals surface area contributed by atoms with Gasteiger partial charge in [-0.15, -0.1) is 0 Å². The van der Waals surface area contributed by atoms with Crippen LogP contribution in [0.2, 0.25) is 0 Å². The maximum atomic E-state index is 13.3. The Kier molecular flexibility index (Phi) is 2.63. The summed E-state index contributed by atoms with van der Waals surface area (Å²) in [6.45, 7) is 0.315. The van der Waals surface area contributed by atoms with Crippen molar-refractivity contribution in [2.24, 2.45) is 5.73 Å². The van der Waals surface area contributed by atoms with Crippen molar-refractivity contribution in [2.75, 3.05) is 6.54 Å². The molecule has 0 bridgehead atoms. The summed E-state index contributed by atoms with van der Waals surface area (Å²) in [7, 11) is 0. The number of nitrogens with one attached hydrogen (secondary N) is 1. The van der Waals surface area contributed by atoms with Gasteiger partial charge in [0.05, 0.1) is 11.1 Å². The first kappa shape index (κ1) is 11.0. The van der Waals surface area contributed by atoms with Gasteiger partial charge in [0.15, 0.2) is 0 Å². The first-order valence-corrected chi connectivity index (χ1v) is 5.04. The highest BCUT2D eigenvalue weighted by Gasteiger charge is 2.42. The normalized spacial score (nSPS) is 16.9. The molecule has 1 amide bonds. The van der Waals surface area contributed by atoms with Gasteiger partial charge in [0.25, 0.3) is 5.91 Å². The van der Waals surface area contributed by atoms with E-state index in [9.17, 15) is 13.6 Å². The van der Waals surface area contributed by atoms with Crippen molar-refractivity contribution >= 4 is 5.91 Å². The average Bonchev–Trinajstić information content (AvgIpc) is 3.02. The summed E-state index contributed by atoms with van der Waals surface area (Å²) in [5.74, 6) is -1.98. The highest BCUT2D eigenvalue weighted by atomic mass is 19.1. The highest BCUT2D eigenvalue weighted by molar-refractivity contribution is 5.95. The lowest BCUT2D eigenvalue weighted by molar-refractivity contribution is 0.0928. The third-order valence-corrected chi connectivity index (χ3v) is 2.80. The van der Waals surface area contributed by atoms with Crippen molar-refractivity contribution in [2.45, 2.75) is 18.4 Å². The minimum Gasteiger partial charge on any atom is -0.345 e. The van der Waals surface area contributed by atoms with Gasteiger partial charge in [0.1, 0.15) is 11.6 Å². The average molecular weight is 226 g/mol. The molecule has 0 aromatic heterocycles. The molecule has 5 heteroatoms. The van der Waals surface area contributed by atoms with E-state index >= 15 is 0 Å². The van der Waals surface area contributed by atoms with Gasteiger partial charge in [-0.1, -0.05) is 0 Å². The largest absolute Gasteiger partial charge is 0.345 e. The second-order valence-electron chi connectivity index (χ2n) is 4.06. The van der Waals surface area contributed by atoms with Crippen molar-refractivity contribution in [3.8, 4) is 0 Å². The zero-order valence-electron chi connectivity index (χ0n) is 8.59. The molecule has 1 aromatic rings. The molecule has 0 heterocycles. The Hall–Kier alpha value is -1.49. The lowest BCUT2D eigenvalue weighted by atomic mass is 10.1. The molecule has 0 atom stereocenters. The molecule has 0 spiro atoms. The fourth-order valence-corrected chi connectivity index (χ4v) is 1.51. The predicted octanol–water partition coefficient (Wildman–Crippen LogP) is 1.19. The molecule has 3 N–H and O–H groups in total. The van der Waals surface area contributed by atoms with E-state index in [4.69, 9.17) is 5.73 Å². The molecule has 0 radical (unpaired) electrons. The summed E-state index contributed by atoms with van der Waals surface area (Å²) in [5, 5.41) is 2.63. The predicted molar refractivity (Wildman–Crippen MR) is 54.8 cm³/mol. The van der Waals surface area contributed by atoms with Crippen molar-refractivity contribution in [1.82, 2.24) is 5.32 Å². The van der Waals surface area contributed by atoms with Gasteiger partial charge in [0, 0.05) is 6.54 Å². The summed E-state index contributed by atoms with van der Waals surface area (Å²) in [4.78, 5) is 11.7. The second kappa shape index (κ2) is 3.83. The Bertz CT molecular complexity index is 430. The molecule has 1 saturated carbocycles. The van der Waals surface area contributed by atoms with Gasteiger partial charge in [-0.2, -0.15) is 0 Å². The number of benzene rings is 1. The Balaban J connectivity index is 2.17. The topological polar surface area (TPSA) is 55.1 Å². The summed E-state index contributed by atoms with van der Waals surface area (Å²) in [6.07, 6.45) is 1.57. The van der Waals surface area contributed by atoms with Crippen LogP contribution >= 0.6 is 0 Å². The van der Waals surface area contributed by atoms with Crippen LogP contribution in [0.25, 0.3) is 0 Å². The summed E-state index contributed by atoms with van der Waals surface area (Å²) >= 11 is 0. The van der Waals surface area contributed by atoms with Gasteiger partial charge in [-0.05, 0) is 31.0 Å². The van der Waals surface area contributed by atoms with E-state index in [1.54, 1.807) is 0 Å². The van der Waals surface area contributed by atoms with Crippen molar-refractivity contribution in [3.05, 3.63) is 35.4 Å². The summed E-state index contributed by atoms with van der Waals surface area (Å²) in [5.41, 5.74) is 4.80. The monoisotopic (exact) mass is 226 g/mol. The Morgan fingerprint density at radius 3 is 2.69 bits per heavy atom. The second-order valence-corrected chi connectivity index (χ2v) is 4.06. The minimum atomic E-state index is -0.730. The van der Waals surface area contributed by atoms with Gasteiger partial charge in [-0.3, -0.25) is 4.79 Å². The van der Waals surface area contributed by atoms with Crippen LogP contribution < -0.4 is 11.1 Å². The molecule has 1 aliphatic carbocycles. The van der Waals surface area contributed by atoms with Gasteiger partial charge in [-0.25, -0.2) is 8.78 Å². The Morgan fingerprint density at radius 2 is 2.12 bits per heavy atom. The molecule has 1 fully saturated rings. The van der Waals surface area contributed by atoms with E-state index in [0.717, 1.165) is 31.0 Å². The van der Waals surface area contributed by atoms with Gasteiger partial charge in [0.2, 0.25) is 0 Å². The maximum Gasteiger partial charge on any atom is 0.254 e. The number of nitrogens with two attached hydrogens (primary N) is 1. The molecule has 1 aliphatic rings. The third-order valence-electron chi connectivity index (χ3n) is 2.80. The fourth-order valence-electron chi connectivity index (χ4n) is 1.51. The molecule has 3 nitrogen and oxygen atoms in total. The molecular formula is C11H12F2N2O. The first-order chi connectivity index (χ1) is 7.56. The maximum absolute atomic E-state index is 13.3. The van der Waals surface area contributed by atoms with E-state index in [1.165, 1.54) is 0 Å². The van der Waals surface area contributed by atoms with Crippen molar-refractivity contribution in [1.29, 1.82) is 0 Å². The molecule has 16 heavy (non-hydrogen) atoms. The van der Waals surface area contributed by atoms with Crippen LogP contribution in [0.1, 0.15) is 23.2 Å². The highest BCUT2D eigenvalue weighted by Crippen LogP contribution is 2.34. The number of hydrogen-bond acceptors (Lipinski definition) is 2. The molecule has 1 aromatic carbocycles. The van der Waals surface area contributed by atoms with Crippen molar-refractivity contribution < 1.29 is 13.6 Å². The molecule has 2 rings (SSSR count). The zero-order valence-corrected chi connectivity index (χ0v) is 8.59. The smallest absolute Gasteiger partial charge is 0.254 e. The minimum absolute atomic E-state index is 0.278. The fraction of sp³-hybridized carbons (Fsp3) is 0.364. The van der Waals surface area contributed by atoms with Crippen LogP contribution in [-0.2, 0) is 0 Å².